The zero-order chi connectivity index (χ0) is 37.0. The van der Waals surface area contributed by atoms with Crippen LogP contribution in [0.5, 0.6) is 0 Å². The zero-order valence-electron chi connectivity index (χ0n) is 30.5. The van der Waals surface area contributed by atoms with E-state index >= 15 is 0 Å². The second-order valence-electron chi connectivity index (χ2n) is 14.4. The van der Waals surface area contributed by atoms with Crippen molar-refractivity contribution in [3.63, 3.8) is 0 Å². The molecular weight excluding hydrogens is 699 g/mol. The summed E-state index contributed by atoms with van der Waals surface area (Å²) in [6, 6.07) is 74.7. The van der Waals surface area contributed by atoms with Crippen LogP contribution in [0.2, 0.25) is 0 Å². The first-order chi connectivity index (χ1) is 27.8. The van der Waals surface area contributed by atoms with E-state index in [2.05, 4.69) is 199 Å². The molecule has 0 spiro atoms. The lowest BCUT2D eigenvalue weighted by Gasteiger charge is -2.26. The van der Waals surface area contributed by atoms with Crippen molar-refractivity contribution in [3.8, 4) is 11.1 Å². The lowest BCUT2D eigenvalue weighted by Crippen LogP contribution is -2.10. The fourth-order valence-corrected chi connectivity index (χ4v) is 9.88. The van der Waals surface area contributed by atoms with Crippen LogP contribution in [-0.4, -0.2) is 0 Å². The van der Waals surface area contributed by atoms with E-state index in [9.17, 15) is 0 Å². The van der Waals surface area contributed by atoms with Crippen LogP contribution >= 0.6 is 11.3 Å². The van der Waals surface area contributed by atoms with Crippen molar-refractivity contribution < 1.29 is 4.42 Å². The molecule has 0 N–H and O–H groups in total. The zero-order valence-corrected chi connectivity index (χ0v) is 31.3. The molecule has 1 atom stereocenters. The molecule has 264 valence electrons. The SMILES string of the molecule is c1ccc(-c2ccc(C(c3ccccc3)c3cc4c(sc5cccc(N(c6ccccc6)c6ccc7c(c6)oc6ccccc67)c54)c4ccccc34)cc2)cc1. The van der Waals surface area contributed by atoms with Crippen molar-refractivity contribution >= 4 is 81.3 Å². The summed E-state index contributed by atoms with van der Waals surface area (Å²) >= 11 is 1.89. The summed E-state index contributed by atoms with van der Waals surface area (Å²) in [5, 5.41) is 7.33. The molecule has 0 saturated carbocycles. The molecular formula is C53H35NOS. The molecule has 0 bridgehead atoms. The molecule has 2 heterocycles. The van der Waals surface area contributed by atoms with E-state index in [4.69, 9.17) is 4.42 Å². The largest absolute Gasteiger partial charge is 0.456 e. The summed E-state index contributed by atoms with van der Waals surface area (Å²) in [7, 11) is 0. The highest BCUT2D eigenvalue weighted by Gasteiger charge is 2.25. The highest BCUT2D eigenvalue weighted by molar-refractivity contribution is 7.26. The number of anilines is 3. The van der Waals surface area contributed by atoms with Crippen molar-refractivity contribution in [1.82, 2.24) is 0 Å². The maximum absolute atomic E-state index is 6.44. The number of para-hydroxylation sites is 2. The first kappa shape index (κ1) is 32.5. The van der Waals surface area contributed by atoms with Crippen LogP contribution in [-0.2, 0) is 0 Å². The Morgan fingerprint density at radius 3 is 1.82 bits per heavy atom. The smallest absolute Gasteiger partial charge is 0.137 e. The van der Waals surface area contributed by atoms with Gasteiger partial charge in [-0.05, 0) is 87.1 Å². The van der Waals surface area contributed by atoms with Crippen LogP contribution in [0.3, 0.4) is 0 Å². The van der Waals surface area contributed by atoms with Gasteiger partial charge in [0.05, 0.1) is 5.69 Å². The average molecular weight is 734 g/mol. The van der Waals surface area contributed by atoms with Crippen molar-refractivity contribution in [2.45, 2.75) is 5.92 Å². The second kappa shape index (κ2) is 13.4. The highest BCUT2D eigenvalue weighted by Crippen LogP contribution is 2.49. The van der Waals surface area contributed by atoms with Crippen LogP contribution in [0.4, 0.5) is 17.1 Å². The number of nitrogens with zero attached hydrogens (tertiary/aromatic N) is 1. The quantitative estimate of drug-likeness (QED) is 0.152. The van der Waals surface area contributed by atoms with Gasteiger partial charge in [-0.1, -0.05) is 152 Å². The van der Waals surface area contributed by atoms with Gasteiger partial charge in [0, 0.05) is 54.3 Å². The fraction of sp³-hybridized carbons (Fsp3) is 0.0189. The van der Waals surface area contributed by atoms with Crippen LogP contribution < -0.4 is 4.90 Å². The first-order valence-electron chi connectivity index (χ1n) is 19.1. The van der Waals surface area contributed by atoms with E-state index in [1.807, 2.05) is 23.5 Å². The molecule has 0 radical (unpaired) electrons. The summed E-state index contributed by atoms with van der Waals surface area (Å²) in [6.07, 6.45) is 0. The minimum atomic E-state index is 0.0261. The standard InChI is InChI=1S/C53H35NOS/c1-4-15-35(16-5-1)36-27-29-38(30-28-36)51(37-17-6-2-7-18-37)45-34-46-52-47(24-14-26-50(52)56-53(46)44-23-11-10-21-41(44)45)54(39-19-8-3-9-20-39)40-31-32-43-42-22-12-13-25-48(42)55-49(43)33-40/h1-34,51H. The number of fused-ring (bicyclic) bond motifs is 8. The molecule has 1 unspecified atom stereocenters. The fourth-order valence-electron chi connectivity index (χ4n) is 8.64. The Labute approximate surface area is 329 Å². The van der Waals surface area contributed by atoms with E-state index in [1.165, 1.54) is 58.8 Å². The number of benzene rings is 9. The van der Waals surface area contributed by atoms with Gasteiger partial charge in [0.1, 0.15) is 11.2 Å². The van der Waals surface area contributed by atoms with Gasteiger partial charge in [-0.2, -0.15) is 0 Å². The van der Waals surface area contributed by atoms with E-state index in [1.54, 1.807) is 0 Å². The summed E-state index contributed by atoms with van der Waals surface area (Å²) < 4.78 is 9.00. The minimum Gasteiger partial charge on any atom is -0.456 e. The Morgan fingerprint density at radius 2 is 1.04 bits per heavy atom. The molecule has 0 aliphatic carbocycles. The Bertz CT molecular complexity index is 3180. The van der Waals surface area contributed by atoms with Crippen molar-refractivity contribution in [3.05, 3.63) is 223 Å². The summed E-state index contributed by atoms with van der Waals surface area (Å²) in [4.78, 5) is 2.40. The number of furan rings is 1. The highest BCUT2D eigenvalue weighted by atomic mass is 32.1. The normalized spacial score (nSPS) is 12.2. The second-order valence-corrected chi connectivity index (χ2v) is 15.5. The van der Waals surface area contributed by atoms with E-state index in [-0.39, 0.29) is 5.92 Å². The van der Waals surface area contributed by atoms with Gasteiger partial charge in [-0.15, -0.1) is 11.3 Å². The van der Waals surface area contributed by atoms with Crippen molar-refractivity contribution in [1.29, 1.82) is 0 Å². The molecule has 9 aromatic carbocycles. The summed E-state index contributed by atoms with van der Waals surface area (Å²) in [6.45, 7) is 0. The minimum absolute atomic E-state index is 0.0261. The molecule has 0 aliphatic rings. The van der Waals surface area contributed by atoms with Crippen LogP contribution in [0.25, 0.3) is 64.0 Å². The maximum Gasteiger partial charge on any atom is 0.137 e. The molecule has 2 nitrogen and oxygen atoms in total. The lowest BCUT2D eigenvalue weighted by molar-refractivity contribution is 0.669. The van der Waals surface area contributed by atoms with Gasteiger partial charge < -0.3 is 9.32 Å². The predicted octanol–water partition coefficient (Wildman–Crippen LogP) is 15.4. The van der Waals surface area contributed by atoms with Crippen molar-refractivity contribution in [2.75, 3.05) is 4.90 Å². The molecule has 0 saturated heterocycles. The summed E-state index contributed by atoms with van der Waals surface area (Å²) in [5.41, 5.74) is 11.4. The van der Waals surface area contributed by atoms with E-state index in [0.29, 0.717) is 0 Å². The van der Waals surface area contributed by atoms with Gasteiger partial charge >= 0.3 is 0 Å². The molecule has 0 fully saturated rings. The molecule has 3 heteroatoms. The maximum atomic E-state index is 6.44. The number of thiophene rings is 1. The Balaban J connectivity index is 1.16. The molecule has 0 aliphatic heterocycles. The number of hydrogen-bond donors (Lipinski definition) is 0. The summed E-state index contributed by atoms with van der Waals surface area (Å²) in [5.74, 6) is 0.0261. The predicted molar refractivity (Wildman–Crippen MR) is 238 cm³/mol. The third-order valence-electron chi connectivity index (χ3n) is 11.2. The Hall–Kier alpha value is -6.94. The molecule has 0 amide bonds. The molecule has 56 heavy (non-hydrogen) atoms. The van der Waals surface area contributed by atoms with Crippen LogP contribution in [0, 0.1) is 0 Å². The van der Waals surface area contributed by atoms with E-state index in [0.717, 1.165) is 39.0 Å². The Kier molecular flexibility index (Phi) is 7.78. The molecule has 2 aromatic heterocycles. The van der Waals surface area contributed by atoms with Gasteiger partial charge in [0.2, 0.25) is 0 Å². The van der Waals surface area contributed by atoms with Crippen LogP contribution in [0.1, 0.15) is 22.6 Å². The van der Waals surface area contributed by atoms with Gasteiger partial charge in [-0.25, -0.2) is 0 Å². The number of hydrogen-bond acceptors (Lipinski definition) is 3. The third-order valence-corrected chi connectivity index (χ3v) is 12.4. The van der Waals surface area contributed by atoms with Crippen molar-refractivity contribution in [2.24, 2.45) is 0 Å². The van der Waals surface area contributed by atoms with Gasteiger partial charge in [0.25, 0.3) is 0 Å². The Morgan fingerprint density at radius 1 is 0.411 bits per heavy atom. The first-order valence-corrected chi connectivity index (χ1v) is 19.9. The lowest BCUT2D eigenvalue weighted by atomic mass is 9.81. The van der Waals surface area contributed by atoms with E-state index < -0.39 is 0 Å². The van der Waals surface area contributed by atoms with Gasteiger partial charge in [0.15, 0.2) is 0 Å². The third kappa shape index (κ3) is 5.39. The average Bonchev–Trinajstić information content (AvgIpc) is 3.84. The van der Waals surface area contributed by atoms with Crippen LogP contribution in [0.15, 0.2) is 211 Å². The monoisotopic (exact) mass is 733 g/mol. The molecule has 11 aromatic rings. The van der Waals surface area contributed by atoms with Gasteiger partial charge in [-0.3, -0.25) is 0 Å². The topological polar surface area (TPSA) is 16.4 Å². The number of rotatable bonds is 7. The molecule has 11 rings (SSSR count).